The molecule has 1 rings (SSSR count). The predicted octanol–water partition coefficient (Wildman–Crippen LogP) is 2.42. The number of benzene rings is 1. The molecule has 0 saturated carbocycles. The van der Waals surface area contributed by atoms with Crippen molar-refractivity contribution in [2.24, 2.45) is 5.92 Å². The number of esters is 1. The van der Waals surface area contributed by atoms with Crippen LogP contribution in [0.15, 0.2) is 30.3 Å². The normalized spacial score (nSPS) is 11.7. The summed E-state index contributed by atoms with van der Waals surface area (Å²) < 4.78 is 4.50. The van der Waals surface area contributed by atoms with Gasteiger partial charge in [-0.05, 0) is 13.3 Å². The molecule has 1 aromatic rings. The first kappa shape index (κ1) is 15.1. The molecule has 0 fully saturated rings. The van der Waals surface area contributed by atoms with Crippen LogP contribution in [0.5, 0.6) is 0 Å². The summed E-state index contributed by atoms with van der Waals surface area (Å²) in [6.45, 7) is 1.52. The molecule has 1 atom stereocenters. The topological polar surface area (TPSA) is 60.4 Å². The van der Waals surface area contributed by atoms with Gasteiger partial charge in [-0.2, -0.15) is 0 Å². The molecule has 0 aliphatic rings. The Morgan fingerprint density at radius 1 is 1.11 bits per heavy atom. The third-order valence-electron chi connectivity index (χ3n) is 2.96. The van der Waals surface area contributed by atoms with Gasteiger partial charge in [-0.1, -0.05) is 30.3 Å². The molecule has 102 valence electrons. The summed E-state index contributed by atoms with van der Waals surface area (Å²) in [6, 6.07) is 8.95. The van der Waals surface area contributed by atoms with Gasteiger partial charge in [-0.15, -0.1) is 0 Å². The highest BCUT2D eigenvalue weighted by atomic mass is 16.5. The molecule has 0 saturated heterocycles. The first-order valence-electron chi connectivity index (χ1n) is 6.25. The first-order chi connectivity index (χ1) is 9.06. The second-order valence-corrected chi connectivity index (χ2v) is 4.35. The van der Waals surface area contributed by atoms with E-state index in [0.717, 1.165) is 0 Å². The smallest absolute Gasteiger partial charge is 0.315 e. The van der Waals surface area contributed by atoms with Gasteiger partial charge in [-0.3, -0.25) is 14.4 Å². The molecule has 4 nitrogen and oxygen atoms in total. The maximum Gasteiger partial charge on any atom is 0.315 e. The van der Waals surface area contributed by atoms with Crippen LogP contribution in [0.25, 0.3) is 0 Å². The second-order valence-electron chi connectivity index (χ2n) is 4.35. The van der Waals surface area contributed by atoms with Crippen molar-refractivity contribution in [3.63, 3.8) is 0 Å². The van der Waals surface area contributed by atoms with Gasteiger partial charge < -0.3 is 4.74 Å². The summed E-state index contributed by atoms with van der Waals surface area (Å²) in [7, 11) is 1.26. The van der Waals surface area contributed by atoms with Gasteiger partial charge >= 0.3 is 5.97 Å². The Labute approximate surface area is 112 Å². The Bertz CT molecular complexity index is 450. The lowest BCUT2D eigenvalue weighted by molar-refractivity contribution is -0.148. The number of hydrogen-bond donors (Lipinski definition) is 0. The Balaban J connectivity index is 2.37. The van der Waals surface area contributed by atoms with Gasteiger partial charge in [0.2, 0.25) is 0 Å². The van der Waals surface area contributed by atoms with Crippen LogP contribution in [-0.2, 0) is 14.3 Å². The zero-order valence-electron chi connectivity index (χ0n) is 11.2. The maximum atomic E-state index is 11.8. The van der Waals surface area contributed by atoms with E-state index in [1.54, 1.807) is 24.3 Å². The van der Waals surface area contributed by atoms with Crippen LogP contribution in [0.2, 0.25) is 0 Å². The van der Waals surface area contributed by atoms with Crippen LogP contribution >= 0.6 is 0 Å². The standard InChI is InChI=1S/C15H18O4/c1-11(15(18)19-2)13(16)9-6-10-14(17)12-7-4-3-5-8-12/h3-5,7-8,11H,6,9-10H2,1-2H3. The minimum Gasteiger partial charge on any atom is -0.468 e. The monoisotopic (exact) mass is 262 g/mol. The maximum absolute atomic E-state index is 11.8. The van der Waals surface area contributed by atoms with Crippen LogP contribution in [0.1, 0.15) is 36.5 Å². The van der Waals surface area contributed by atoms with Gasteiger partial charge in [-0.25, -0.2) is 0 Å². The highest BCUT2D eigenvalue weighted by Crippen LogP contribution is 2.10. The van der Waals surface area contributed by atoms with Crippen molar-refractivity contribution in [2.45, 2.75) is 26.2 Å². The van der Waals surface area contributed by atoms with Crippen LogP contribution < -0.4 is 0 Å². The zero-order valence-corrected chi connectivity index (χ0v) is 11.2. The summed E-state index contributed by atoms with van der Waals surface area (Å²) in [6.07, 6.45) is 0.979. The molecule has 0 aliphatic carbocycles. The molecule has 0 aliphatic heterocycles. The number of hydrogen-bond acceptors (Lipinski definition) is 4. The van der Waals surface area contributed by atoms with E-state index < -0.39 is 11.9 Å². The second kappa shape index (κ2) is 7.46. The van der Waals surface area contributed by atoms with Crippen molar-refractivity contribution < 1.29 is 19.1 Å². The van der Waals surface area contributed by atoms with Crippen LogP contribution in [-0.4, -0.2) is 24.6 Å². The summed E-state index contributed by atoms with van der Waals surface area (Å²) in [5, 5.41) is 0. The molecular weight excluding hydrogens is 244 g/mol. The number of Topliss-reactive ketones (excluding diaryl/α,β-unsaturated/α-hetero) is 2. The highest BCUT2D eigenvalue weighted by Gasteiger charge is 2.21. The van der Waals surface area contributed by atoms with Crippen molar-refractivity contribution in [2.75, 3.05) is 7.11 Å². The van der Waals surface area contributed by atoms with Gasteiger partial charge in [0.05, 0.1) is 7.11 Å². The number of rotatable bonds is 7. The quantitative estimate of drug-likeness (QED) is 0.430. The van der Waals surface area contributed by atoms with Crippen LogP contribution in [0, 0.1) is 5.92 Å². The minimum atomic E-state index is -0.753. The van der Waals surface area contributed by atoms with Crippen molar-refractivity contribution in [3.8, 4) is 0 Å². The van der Waals surface area contributed by atoms with E-state index in [4.69, 9.17) is 0 Å². The average Bonchev–Trinajstić information content (AvgIpc) is 2.46. The zero-order chi connectivity index (χ0) is 14.3. The van der Waals surface area contributed by atoms with Crippen LogP contribution in [0.4, 0.5) is 0 Å². The molecule has 19 heavy (non-hydrogen) atoms. The lowest BCUT2D eigenvalue weighted by Gasteiger charge is -2.07. The molecule has 0 spiro atoms. The molecule has 1 aromatic carbocycles. The molecule has 1 unspecified atom stereocenters. The summed E-state index contributed by atoms with van der Waals surface area (Å²) >= 11 is 0. The molecule has 0 bridgehead atoms. The van der Waals surface area contributed by atoms with E-state index in [1.165, 1.54) is 14.0 Å². The summed E-state index contributed by atoms with van der Waals surface area (Å²) in [5.41, 5.74) is 0.649. The van der Waals surface area contributed by atoms with E-state index in [2.05, 4.69) is 4.74 Å². The third-order valence-corrected chi connectivity index (χ3v) is 2.96. The SMILES string of the molecule is COC(=O)C(C)C(=O)CCCC(=O)c1ccccc1. The Kier molecular flexibility index (Phi) is 5.93. The van der Waals surface area contributed by atoms with E-state index in [0.29, 0.717) is 18.4 Å². The number of methoxy groups -OCH3 is 1. The number of carbonyl (C=O) groups is 3. The summed E-state index contributed by atoms with van der Waals surface area (Å²) in [5.74, 6) is -1.46. The minimum absolute atomic E-state index is 0.0131. The first-order valence-corrected chi connectivity index (χ1v) is 6.25. The van der Waals surface area contributed by atoms with E-state index in [9.17, 15) is 14.4 Å². The van der Waals surface area contributed by atoms with Gasteiger partial charge in [0.25, 0.3) is 0 Å². The highest BCUT2D eigenvalue weighted by molar-refractivity contribution is 5.99. The van der Waals surface area contributed by atoms with Gasteiger partial charge in [0, 0.05) is 18.4 Å². The molecule has 4 heteroatoms. The molecule has 0 radical (unpaired) electrons. The fourth-order valence-corrected chi connectivity index (χ4v) is 1.72. The third kappa shape index (κ3) is 4.66. The lowest BCUT2D eigenvalue weighted by Crippen LogP contribution is -2.22. The number of ketones is 2. The Hall–Kier alpha value is -1.97. The molecule has 0 N–H and O–H groups in total. The lowest BCUT2D eigenvalue weighted by atomic mass is 9.99. The average molecular weight is 262 g/mol. The van der Waals surface area contributed by atoms with Gasteiger partial charge in [0.15, 0.2) is 5.78 Å². The fourth-order valence-electron chi connectivity index (χ4n) is 1.72. The van der Waals surface area contributed by atoms with Crippen molar-refractivity contribution >= 4 is 17.5 Å². The van der Waals surface area contributed by atoms with E-state index >= 15 is 0 Å². The largest absolute Gasteiger partial charge is 0.468 e. The molecular formula is C15H18O4. The van der Waals surface area contributed by atoms with Crippen LogP contribution in [0.3, 0.4) is 0 Å². The number of carbonyl (C=O) groups excluding carboxylic acids is 3. The van der Waals surface area contributed by atoms with Gasteiger partial charge in [0.1, 0.15) is 11.7 Å². The fraction of sp³-hybridized carbons (Fsp3) is 0.400. The van der Waals surface area contributed by atoms with Crippen molar-refractivity contribution in [1.29, 1.82) is 0 Å². The predicted molar refractivity (Wildman–Crippen MR) is 70.8 cm³/mol. The molecule has 0 amide bonds. The number of ether oxygens (including phenoxy) is 1. The Morgan fingerprint density at radius 2 is 1.74 bits per heavy atom. The summed E-state index contributed by atoms with van der Waals surface area (Å²) in [4.78, 5) is 34.6. The van der Waals surface area contributed by atoms with Crippen molar-refractivity contribution in [3.05, 3.63) is 35.9 Å². The van der Waals surface area contributed by atoms with E-state index in [1.807, 2.05) is 6.07 Å². The van der Waals surface area contributed by atoms with Crippen molar-refractivity contribution in [1.82, 2.24) is 0 Å². The Morgan fingerprint density at radius 3 is 2.32 bits per heavy atom. The van der Waals surface area contributed by atoms with E-state index in [-0.39, 0.29) is 18.0 Å². The molecule has 0 aromatic heterocycles. The molecule has 0 heterocycles.